The number of aromatic amines is 1. The minimum Gasteiger partial charge on any atom is -0.322 e. The lowest BCUT2D eigenvalue weighted by atomic mass is 10.1. The minimum absolute atomic E-state index is 0.204. The lowest BCUT2D eigenvalue weighted by molar-refractivity contribution is 0.102. The molecule has 4 rings (SSSR count). The van der Waals surface area contributed by atoms with E-state index in [9.17, 15) is 9.59 Å². The van der Waals surface area contributed by atoms with E-state index in [1.165, 1.54) is 12.4 Å². The number of aromatic nitrogens is 6. The molecule has 2 aromatic heterocycles. The summed E-state index contributed by atoms with van der Waals surface area (Å²) in [5, 5.41) is 14.0. The molecule has 4 aromatic rings. The van der Waals surface area contributed by atoms with E-state index in [2.05, 4.69) is 30.8 Å². The number of amides is 1. The van der Waals surface area contributed by atoms with Gasteiger partial charge in [0.05, 0.1) is 5.69 Å². The van der Waals surface area contributed by atoms with Gasteiger partial charge in [-0.05, 0) is 59.7 Å². The van der Waals surface area contributed by atoms with Crippen molar-refractivity contribution >= 4 is 11.6 Å². The molecule has 0 aliphatic carbocycles. The molecule has 0 unspecified atom stereocenters. The SMILES string of the molecule is CCc1cc(=O)[nH]c(-c2cccc(NC(=O)c3ccc(-n4cnnn4)c(C)c3)c2)n1. The highest BCUT2D eigenvalue weighted by molar-refractivity contribution is 6.04. The molecule has 2 heterocycles. The van der Waals surface area contributed by atoms with Crippen LogP contribution >= 0.6 is 0 Å². The highest BCUT2D eigenvalue weighted by Gasteiger charge is 2.11. The number of anilines is 1. The number of nitrogens with zero attached hydrogens (tertiary/aromatic N) is 5. The Kier molecular flexibility index (Phi) is 5.17. The van der Waals surface area contributed by atoms with E-state index < -0.39 is 0 Å². The average Bonchev–Trinajstić information content (AvgIpc) is 3.28. The first kappa shape index (κ1) is 19.2. The summed E-state index contributed by atoms with van der Waals surface area (Å²) in [5.74, 6) is 0.222. The van der Waals surface area contributed by atoms with E-state index in [-0.39, 0.29) is 11.5 Å². The maximum absolute atomic E-state index is 12.7. The Bertz CT molecular complexity index is 1260. The molecule has 30 heavy (non-hydrogen) atoms. The van der Waals surface area contributed by atoms with Crippen LogP contribution < -0.4 is 10.9 Å². The highest BCUT2D eigenvalue weighted by atomic mass is 16.1. The fraction of sp³-hybridized carbons (Fsp3) is 0.143. The monoisotopic (exact) mass is 401 g/mol. The molecule has 0 spiro atoms. The van der Waals surface area contributed by atoms with Crippen molar-refractivity contribution in [2.75, 3.05) is 5.32 Å². The number of aryl methyl sites for hydroxylation is 2. The Morgan fingerprint density at radius 2 is 2.03 bits per heavy atom. The Hall–Kier alpha value is -4.14. The number of tetrazole rings is 1. The molecular weight excluding hydrogens is 382 g/mol. The third-order valence-corrected chi connectivity index (χ3v) is 4.61. The van der Waals surface area contributed by atoms with Crippen LogP contribution in [-0.4, -0.2) is 36.1 Å². The van der Waals surface area contributed by atoms with Gasteiger partial charge in [-0.3, -0.25) is 9.59 Å². The first-order valence-electron chi connectivity index (χ1n) is 9.39. The molecule has 0 fully saturated rings. The summed E-state index contributed by atoms with van der Waals surface area (Å²) in [6.07, 6.45) is 2.16. The van der Waals surface area contributed by atoms with Crippen LogP contribution in [0.2, 0.25) is 0 Å². The number of benzene rings is 2. The second-order valence-electron chi connectivity index (χ2n) is 6.73. The summed E-state index contributed by atoms with van der Waals surface area (Å²) in [6.45, 7) is 3.83. The predicted octanol–water partition coefficient (Wildman–Crippen LogP) is 2.54. The van der Waals surface area contributed by atoms with Crippen LogP contribution in [0.3, 0.4) is 0 Å². The smallest absolute Gasteiger partial charge is 0.255 e. The van der Waals surface area contributed by atoms with Gasteiger partial charge in [-0.1, -0.05) is 19.1 Å². The summed E-state index contributed by atoms with van der Waals surface area (Å²) in [5.41, 5.74) is 3.99. The number of nitrogens with one attached hydrogen (secondary N) is 2. The third-order valence-electron chi connectivity index (χ3n) is 4.61. The van der Waals surface area contributed by atoms with Crippen LogP contribution in [0.5, 0.6) is 0 Å². The lowest BCUT2D eigenvalue weighted by Crippen LogP contribution is -2.13. The topological polar surface area (TPSA) is 118 Å². The van der Waals surface area contributed by atoms with Crippen molar-refractivity contribution in [1.82, 2.24) is 30.2 Å². The van der Waals surface area contributed by atoms with E-state index in [0.29, 0.717) is 34.8 Å². The fourth-order valence-electron chi connectivity index (χ4n) is 3.10. The molecule has 0 atom stereocenters. The summed E-state index contributed by atoms with van der Waals surface area (Å²) < 4.78 is 1.54. The predicted molar refractivity (Wildman–Crippen MR) is 112 cm³/mol. The van der Waals surface area contributed by atoms with E-state index >= 15 is 0 Å². The second-order valence-corrected chi connectivity index (χ2v) is 6.73. The molecule has 9 nitrogen and oxygen atoms in total. The van der Waals surface area contributed by atoms with Gasteiger partial charge in [0.1, 0.15) is 12.2 Å². The molecule has 0 aliphatic rings. The van der Waals surface area contributed by atoms with Crippen LogP contribution in [0, 0.1) is 6.92 Å². The minimum atomic E-state index is -0.248. The van der Waals surface area contributed by atoms with Gasteiger partial charge in [0, 0.05) is 28.6 Å². The molecule has 0 radical (unpaired) electrons. The van der Waals surface area contributed by atoms with Crippen molar-refractivity contribution < 1.29 is 4.79 Å². The van der Waals surface area contributed by atoms with Crippen LogP contribution in [0.15, 0.2) is 59.7 Å². The maximum Gasteiger partial charge on any atom is 0.255 e. The van der Waals surface area contributed by atoms with Crippen molar-refractivity contribution in [3.63, 3.8) is 0 Å². The average molecular weight is 401 g/mol. The number of hydrogen-bond acceptors (Lipinski definition) is 6. The third kappa shape index (κ3) is 4.00. The standard InChI is InChI=1S/C21H19N7O2/c1-3-16-11-19(29)25-20(23-16)14-5-4-6-17(10-14)24-21(30)15-7-8-18(13(2)9-15)28-12-22-26-27-28/h4-12H,3H2,1-2H3,(H,24,30)(H,23,25,29). The molecule has 2 aromatic carbocycles. The largest absolute Gasteiger partial charge is 0.322 e. The Morgan fingerprint density at radius 1 is 1.17 bits per heavy atom. The zero-order chi connectivity index (χ0) is 21.1. The molecule has 2 N–H and O–H groups in total. The second kappa shape index (κ2) is 8.08. The molecule has 0 aliphatic heterocycles. The number of carbonyl (C=O) groups is 1. The van der Waals surface area contributed by atoms with Gasteiger partial charge < -0.3 is 10.3 Å². The Labute approximate surface area is 171 Å². The van der Waals surface area contributed by atoms with Crippen molar-refractivity contribution in [1.29, 1.82) is 0 Å². The van der Waals surface area contributed by atoms with Crippen LogP contribution in [-0.2, 0) is 6.42 Å². The van der Waals surface area contributed by atoms with Crippen LogP contribution in [0.25, 0.3) is 17.1 Å². The first-order valence-corrected chi connectivity index (χ1v) is 9.39. The normalized spacial score (nSPS) is 10.7. The van der Waals surface area contributed by atoms with Gasteiger partial charge in [0.25, 0.3) is 11.5 Å². The first-order chi connectivity index (χ1) is 14.5. The van der Waals surface area contributed by atoms with Crippen molar-refractivity contribution in [3.05, 3.63) is 82.0 Å². The van der Waals surface area contributed by atoms with Gasteiger partial charge in [0.2, 0.25) is 0 Å². The van der Waals surface area contributed by atoms with Gasteiger partial charge in [-0.2, -0.15) is 0 Å². The zero-order valence-electron chi connectivity index (χ0n) is 16.5. The quantitative estimate of drug-likeness (QED) is 0.530. The maximum atomic E-state index is 12.7. The van der Waals surface area contributed by atoms with Gasteiger partial charge in [-0.25, -0.2) is 9.67 Å². The molecule has 9 heteroatoms. The van der Waals surface area contributed by atoms with Gasteiger partial charge in [0.15, 0.2) is 0 Å². The molecule has 0 bridgehead atoms. The van der Waals surface area contributed by atoms with Crippen molar-refractivity contribution in [2.45, 2.75) is 20.3 Å². The lowest BCUT2D eigenvalue weighted by Gasteiger charge is -2.10. The van der Waals surface area contributed by atoms with E-state index in [0.717, 1.165) is 11.3 Å². The van der Waals surface area contributed by atoms with Crippen molar-refractivity contribution in [3.8, 4) is 17.1 Å². The van der Waals surface area contributed by atoms with Crippen LogP contribution in [0.1, 0.15) is 28.5 Å². The zero-order valence-corrected chi connectivity index (χ0v) is 16.5. The summed E-state index contributed by atoms with van der Waals surface area (Å²) >= 11 is 0. The molecule has 0 saturated heterocycles. The summed E-state index contributed by atoms with van der Waals surface area (Å²) in [6, 6.07) is 14.0. The molecule has 150 valence electrons. The van der Waals surface area contributed by atoms with Gasteiger partial charge >= 0.3 is 0 Å². The van der Waals surface area contributed by atoms with Gasteiger partial charge in [-0.15, -0.1) is 5.10 Å². The number of carbonyl (C=O) groups excluding carboxylic acids is 1. The van der Waals surface area contributed by atoms with E-state index in [1.54, 1.807) is 41.1 Å². The number of hydrogen-bond donors (Lipinski definition) is 2. The molecule has 0 saturated carbocycles. The fourth-order valence-corrected chi connectivity index (χ4v) is 3.10. The summed E-state index contributed by atoms with van der Waals surface area (Å²) in [4.78, 5) is 31.8. The van der Waals surface area contributed by atoms with E-state index in [1.807, 2.05) is 19.9 Å². The Morgan fingerprint density at radius 3 is 2.77 bits per heavy atom. The highest BCUT2D eigenvalue weighted by Crippen LogP contribution is 2.20. The molecule has 1 amide bonds. The summed E-state index contributed by atoms with van der Waals surface area (Å²) in [7, 11) is 0. The number of rotatable bonds is 5. The van der Waals surface area contributed by atoms with E-state index in [4.69, 9.17) is 0 Å². The van der Waals surface area contributed by atoms with Crippen LogP contribution in [0.4, 0.5) is 5.69 Å². The molecular formula is C21H19N7O2. The Balaban J connectivity index is 1.57. The number of H-pyrrole nitrogens is 1. The van der Waals surface area contributed by atoms with Crippen molar-refractivity contribution in [2.24, 2.45) is 0 Å².